The monoisotopic (exact) mass is 323 g/mol. The van der Waals surface area contributed by atoms with Crippen LogP contribution in [-0.2, 0) is 0 Å². The van der Waals surface area contributed by atoms with Crippen LogP contribution in [0.3, 0.4) is 0 Å². The van der Waals surface area contributed by atoms with Crippen molar-refractivity contribution < 1.29 is 9.21 Å². The number of nitrogens with one attached hydrogen (secondary N) is 1. The first-order valence-corrected chi connectivity index (χ1v) is 7.07. The number of furan rings is 1. The van der Waals surface area contributed by atoms with E-state index in [1.54, 1.807) is 18.4 Å². The van der Waals surface area contributed by atoms with E-state index in [1.807, 2.05) is 19.9 Å². The van der Waals surface area contributed by atoms with Gasteiger partial charge in [0.25, 0.3) is 5.56 Å². The summed E-state index contributed by atoms with van der Waals surface area (Å²) in [5, 5.41) is 0.120. The number of H-pyrrole nitrogens is 1. The molecule has 2 heterocycles. The molecule has 0 aliphatic carbocycles. The van der Waals surface area contributed by atoms with Crippen molar-refractivity contribution in [1.82, 2.24) is 4.98 Å². The maximum Gasteiger partial charge on any atom is 0.259 e. The molecule has 0 amide bonds. The fraction of sp³-hybridized carbons (Fsp3) is 0.286. The number of carbonyl (C=O) groups excluding carboxylic acids is 1. The molecule has 2 aromatic rings. The number of pyridine rings is 1. The zero-order valence-corrected chi connectivity index (χ0v) is 12.3. The zero-order valence-electron chi connectivity index (χ0n) is 10.7. The lowest BCUT2D eigenvalue weighted by Gasteiger charge is -2.12. The second-order valence-electron chi connectivity index (χ2n) is 4.53. The second kappa shape index (κ2) is 5.57. The molecule has 0 saturated heterocycles. The molecule has 4 nitrogen and oxygen atoms in total. The van der Waals surface area contributed by atoms with Crippen LogP contribution in [0.4, 0.5) is 0 Å². The highest BCUT2D eigenvalue weighted by molar-refractivity contribution is 9.09. The first-order valence-electron chi connectivity index (χ1n) is 5.94. The zero-order chi connectivity index (χ0) is 14.0. The number of halogens is 1. The molecule has 0 atom stereocenters. The van der Waals surface area contributed by atoms with E-state index in [0.29, 0.717) is 5.76 Å². The van der Waals surface area contributed by atoms with Gasteiger partial charge in [0.2, 0.25) is 0 Å². The van der Waals surface area contributed by atoms with Crippen LogP contribution in [0.5, 0.6) is 0 Å². The molecule has 0 bridgehead atoms. The van der Waals surface area contributed by atoms with Crippen LogP contribution < -0.4 is 5.56 Å². The Bertz CT molecular complexity index is 641. The summed E-state index contributed by atoms with van der Waals surface area (Å²) in [5.74, 6) is 0.522. The van der Waals surface area contributed by atoms with Gasteiger partial charge in [0.05, 0.1) is 17.2 Å². The van der Waals surface area contributed by atoms with E-state index in [1.165, 1.54) is 0 Å². The van der Waals surface area contributed by atoms with E-state index < -0.39 is 0 Å². The average molecular weight is 324 g/mol. The number of carbonyl (C=O) groups is 1. The Morgan fingerprint density at radius 2 is 2.21 bits per heavy atom. The van der Waals surface area contributed by atoms with Gasteiger partial charge in [0.1, 0.15) is 5.76 Å². The number of hydrogen-bond donors (Lipinski definition) is 1. The van der Waals surface area contributed by atoms with Gasteiger partial charge in [0, 0.05) is 11.3 Å². The molecule has 5 heteroatoms. The van der Waals surface area contributed by atoms with Gasteiger partial charge < -0.3 is 9.40 Å². The van der Waals surface area contributed by atoms with Crippen molar-refractivity contribution in [3.63, 3.8) is 0 Å². The Morgan fingerprint density at radius 1 is 1.47 bits per heavy atom. The first-order chi connectivity index (χ1) is 9.04. The van der Waals surface area contributed by atoms with Crippen molar-refractivity contribution in [2.75, 3.05) is 5.33 Å². The third-order valence-corrected chi connectivity index (χ3v) is 3.37. The van der Waals surface area contributed by atoms with Crippen molar-refractivity contribution in [3.05, 3.63) is 46.1 Å². The van der Waals surface area contributed by atoms with Crippen molar-refractivity contribution in [2.24, 2.45) is 0 Å². The van der Waals surface area contributed by atoms with Crippen LogP contribution in [0.15, 0.2) is 33.7 Å². The van der Waals surface area contributed by atoms with Gasteiger partial charge in [-0.3, -0.25) is 9.59 Å². The second-order valence-corrected chi connectivity index (χ2v) is 5.09. The van der Waals surface area contributed by atoms with Gasteiger partial charge in [-0.25, -0.2) is 0 Å². The maximum absolute atomic E-state index is 11.9. The van der Waals surface area contributed by atoms with Crippen LogP contribution >= 0.6 is 15.9 Å². The summed E-state index contributed by atoms with van der Waals surface area (Å²) in [6.45, 7) is 3.95. The SMILES string of the molecule is CC(C)c1[nH]c(=O)c(C(=O)CBr)cc1-c1ccco1. The summed E-state index contributed by atoms with van der Waals surface area (Å²) >= 11 is 3.08. The first kappa shape index (κ1) is 13.8. The van der Waals surface area contributed by atoms with E-state index in [2.05, 4.69) is 20.9 Å². The summed E-state index contributed by atoms with van der Waals surface area (Å²) in [4.78, 5) is 26.5. The lowest BCUT2D eigenvalue weighted by molar-refractivity contribution is 0.102. The minimum atomic E-state index is -0.358. The molecule has 2 aromatic heterocycles. The molecule has 0 aromatic carbocycles. The number of hydrogen-bond acceptors (Lipinski definition) is 3. The molecule has 2 rings (SSSR count). The summed E-state index contributed by atoms with van der Waals surface area (Å²) in [5.41, 5.74) is 1.31. The normalized spacial score (nSPS) is 10.9. The standard InChI is InChI=1S/C14H14BrNO3/c1-8(2)13-10(12-4-3-5-19-12)6-9(11(17)7-15)14(18)16-13/h3-6,8H,7H2,1-2H3,(H,16,18). The van der Waals surface area contributed by atoms with Crippen LogP contribution in [0, 0.1) is 0 Å². The minimum Gasteiger partial charge on any atom is -0.464 e. The number of ketones is 1. The smallest absolute Gasteiger partial charge is 0.259 e. The van der Waals surface area contributed by atoms with Crippen LogP contribution in [0.1, 0.15) is 35.8 Å². The molecule has 0 fully saturated rings. The van der Waals surface area contributed by atoms with E-state index >= 15 is 0 Å². The lowest BCUT2D eigenvalue weighted by Crippen LogP contribution is -2.21. The quantitative estimate of drug-likeness (QED) is 0.693. The highest BCUT2D eigenvalue weighted by atomic mass is 79.9. The van der Waals surface area contributed by atoms with Crippen molar-refractivity contribution in [2.45, 2.75) is 19.8 Å². The number of aromatic nitrogens is 1. The predicted molar refractivity (Wildman–Crippen MR) is 77.0 cm³/mol. The molecule has 0 radical (unpaired) electrons. The van der Waals surface area contributed by atoms with Gasteiger partial charge in [0.15, 0.2) is 5.78 Å². The van der Waals surface area contributed by atoms with Gasteiger partial charge in [-0.2, -0.15) is 0 Å². The topological polar surface area (TPSA) is 63.1 Å². The molecule has 0 aliphatic rings. The molecule has 100 valence electrons. The Kier molecular flexibility index (Phi) is 4.04. The van der Waals surface area contributed by atoms with Gasteiger partial charge in [-0.05, 0) is 24.1 Å². The Morgan fingerprint density at radius 3 is 2.74 bits per heavy atom. The Hall–Kier alpha value is -1.62. The average Bonchev–Trinajstić information content (AvgIpc) is 2.91. The lowest BCUT2D eigenvalue weighted by atomic mass is 9.99. The number of Topliss-reactive ketones (excluding diaryl/α,β-unsaturated/α-hetero) is 1. The van der Waals surface area contributed by atoms with Gasteiger partial charge >= 0.3 is 0 Å². The maximum atomic E-state index is 11.9. The number of aromatic amines is 1. The minimum absolute atomic E-state index is 0.120. The molecule has 19 heavy (non-hydrogen) atoms. The predicted octanol–water partition coefficient (Wildman–Crippen LogP) is 3.34. The summed E-state index contributed by atoms with van der Waals surface area (Å²) < 4.78 is 5.37. The Balaban J connectivity index is 2.68. The molecule has 0 unspecified atom stereocenters. The van der Waals surface area contributed by atoms with E-state index in [9.17, 15) is 9.59 Å². The van der Waals surface area contributed by atoms with Crippen molar-refractivity contribution >= 4 is 21.7 Å². The largest absolute Gasteiger partial charge is 0.464 e. The molecule has 0 aliphatic heterocycles. The fourth-order valence-corrected chi connectivity index (χ4v) is 2.22. The van der Waals surface area contributed by atoms with Crippen LogP contribution in [-0.4, -0.2) is 16.1 Å². The highest BCUT2D eigenvalue weighted by Crippen LogP contribution is 2.27. The summed E-state index contributed by atoms with van der Waals surface area (Å²) in [6, 6.07) is 5.19. The summed E-state index contributed by atoms with van der Waals surface area (Å²) in [7, 11) is 0. The van der Waals surface area contributed by atoms with Crippen molar-refractivity contribution in [1.29, 1.82) is 0 Å². The van der Waals surface area contributed by atoms with Crippen LogP contribution in [0.2, 0.25) is 0 Å². The molecular weight excluding hydrogens is 310 g/mol. The third-order valence-electron chi connectivity index (χ3n) is 2.86. The van der Waals surface area contributed by atoms with E-state index in [4.69, 9.17) is 4.42 Å². The third kappa shape index (κ3) is 2.71. The van der Waals surface area contributed by atoms with E-state index in [-0.39, 0.29) is 28.2 Å². The molecule has 0 spiro atoms. The molecular formula is C14H14BrNO3. The fourth-order valence-electron chi connectivity index (χ4n) is 1.91. The summed E-state index contributed by atoms with van der Waals surface area (Å²) in [6.07, 6.45) is 1.57. The highest BCUT2D eigenvalue weighted by Gasteiger charge is 2.18. The van der Waals surface area contributed by atoms with E-state index in [0.717, 1.165) is 11.3 Å². The Labute approximate surface area is 119 Å². The van der Waals surface area contributed by atoms with Gasteiger partial charge in [-0.15, -0.1) is 0 Å². The number of alkyl halides is 1. The molecule has 0 saturated carbocycles. The van der Waals surface area contributed by atoms with Gasteiger partial charge in [-0.1, -0.05) is 29.8 Å². The number of rotatable bonds is 4. The molecule has 1 N–H and O–H groups in total. The van der Waals surface area contributed by atoms with Crippen LogP contribution in [0.25, 0.3) is 11.3 Å². The van der Waals surface area contributed by atoms with Crippen molar-refractivity contribution in [3.8, 4) is 11.3 Å².